The SMILES string of the molecule is Brc1c(-c2ccccc2)n2ncc(-c3ccccc3)c2c2ccccc12. The van der Waals surface area contributed by atoms with E-state index in [4.69, 9.17) is 5.10 Å². The Morgan fingerprint density at radius 1 is 0.654 bits per heavy atom. The first-order chi connectivity index (χ1) is 12.8. The van der Waals surface area contributed by atoms with E-state index in [0.29, 0.717) is 0 Å². The Morgan fingerprint density at radius 2 is 1.23 bits per heavy atom. The Balaban J connectivity index is 1.97. The zero-order chi connectivity index (χ0) is 17.5. The zero-order valence-electron chi connectivity index (χ0n) is 13.9. The van der Waals surface area contributed by atoms with Crippen molar-refractivity contribution >= 4 is 32.2 Å². The number of pyridine rings is 1. The fourth-order valence-electron chi connectivity index (χ4n) is 3.55. The Morgan fingerprint density at radius 3 is 1.92 bits per heavy atom. The van der Waals surface area contributed by atoms with Crippen molar-refractivity contribution in [2.24, 2.45) is 0 Å². The first kappa shape index (κ1) is 15.4. The van der Waals surface area contributed by atoms with Crippen molar-refractivity contribution in [1.82, 2.24) is 9.61 Å². The molecule has 0 spiro atoms. The topological polar surface area (TPSA) is 17.3 Å². The highest BCUT2D eigenvalue weighted by molar-refractivity contribution is 9.10. The Bertz CT molecular complexity index is 1230. The molecule has 2 nitrogen and oxygen atoms in total. The molecule has 2 aromatic heterocycles. The van der Waals surface area contributed by atoms with Crippen molar-refractivity contribution < 1.29 is 0 Å². The summed E-state index contributed by atoms with van der Waals surface area (Å²) in [5.41, 5.74) is 5.66. The van der Waals surface area contributed by atoms with E-state index in [2.05, 4.69) is 93.2 Å². The monoisotopic (exact) mass is 398 g/mol. The molecule has 26 heavy (non-hydrogen) atoms. The second kappa shape index (κ2) is 6.11. The van der Waals surface area contributed by atoms with Crippen molar-refractivity contribution in [1.29, 1.82) is 0 Å². The fraction of sp³-hybridized carbons (Fsp3) is 0. The van der Waals surface area contributed by atoms with Crippen molar-refractivity contribution in [3.8, 4) is 22.4 Å². The summed E-state index contributed by atoms with van der Waals surface area (Å²) in [6.07, 6.45) is 1.97. The average molecular weight is 399 g/mol. The van der Waals surface area contributed by atoms with E-state index >= 15 is 0 Å². The predicted molar refractivity (Wildman–Crippen MR) is 111 cm³/mol. The number of aromatic nitrogens is 2. The van der Waals surface area contributed by atoms with Crippen LogP contribution in [0.15, 0.2) is 95.6 Å². The van der Waals surface area contributed by atoms with Gasteiger partial charge in [-0.15, -0.1) is 0 Å². The third-order valence-electron chi connectivity index (χ3n) is 4.74. The van der Waals surface area contributed by atoms with Crippen molar-refractivity contribution in [3.63, 3.8) is 0 Å². The second-order valence-corrected chi connectivity index (χ2v) is 7.05. The molecule has 5 aromatic rings. The number of hydrogen-bond donors (Lipinski definition) is 0. The van der Waals surface area contributed by atoms with Crippen LogP contribution in [0.2, 0.25) is 0 Å². The average Bonchev–Trinajstić information content (AvgIpc) is 3.15. The van der Waals surface area contributed by atoms with Gasteiger partial charge in [-0.3, -0.25) is 0 Å². The Kier molecular flexibility index (Phi) is 3.61. The molecule has 0 radical (unpaired) electrons. The minimum atomic E-state index is 1.06. The largest absolute Gasteiger partial charge is 0.231 e. The van der Waals surface area contributed by atoms with Crippen molar-refractivity contribution in [2.45, 2.75) is 0 Å². The van der Waals surface area contributed by atoms with Gasteiger partial charge in [0.15, 0.2) is 0 Å². The molecular formula is C23H15BrN2. The predicted octanol–water partition coefficient (Wildman–Crippen LogP) is 6.58. The lowest BCUT2D eigenvalue weighted by molar-refractivity contribution is 0.971. The van der Waals surface area contributed by atoms with Crippen LogP contribution in [-0.2, 0) is 0 Å². The first-order valence-corrected chi connectivity index (χ1v) is 9.32. The summed E-state index contributed by atoms with van der Waals surface area (Å²) in [4.78, 5) is 0. The molecule has 124 valence electrons. The molecule has 0 bridgehead atoms. The molecule has 3 heteroatoms. The Labute approximate surface area is 159 Å². The third kappa shape index (κ3) is 2.28. The summed E-state index contributed by atoms with van der Waals surface area (Å²) in [7, 11) is 0. The number of fused-ring (bicyclic) bond motifs is 3. The van der Waals surface area contributed by atoms with E-state index in [9.17, 15) is 0 Å². The quantitative estimate of drug-likeness (QED) is 0.328. The molecular weight excluding hydrogens is 384 g/mol. The van der Waals surface area contributed by atoms with Gasteiger partial charge in [-0.25, -0.2) is 4.52 Å². The van der Waals surface area contributed by atoms with E-state index in [1.54, 1.807) is 0 Å². The summed E-state index contributed by atoms with van der Waals surface area (Å²) < 4.78 is 3.12. The molecule has 0 saturated carbocycles. The van der Waals surface area contributed by atoms with E-state index in [-0.39, 0.29) is 0 Å². The summed E-state index contributed by atoms with van der Waals surface area (Å²) in [6, 6.07) is 29.3. The highest BCUT2D eigenvalue weighted by Crippen LogP contribution is 2.40. The summed E-state index contributed by atoms with van der Waals surface area (Å²) in [5, 5.41) is 7.15. The lowest BCUT2D eigenvalue weighted by atomic mass is 10.0. The molecule has 0 unspecified atom stereocenters. The van der Waals surface area contributed by atoms with Gasteiger partial charge in [-0.1, -0.05) is 84.9 Å². The van der Waals surface area contributed by atoms with Gasteiger partial charge >= 0.3 is 0 Å². The molecule has 3 aromatic carbocycles. The van der Waals surface area contributed by atoms with Gasteiger partial charge in [0.25, 0.3) is 0 Å². The molecule has 0 atom stereocenters. The van der Waals surface area contributed by atoms with E-state index in [1.807, 2.05) is 18.3 Å². The molecule has 0 aliphatic carbocycles. The summed E-state index contributed by atoms with van der Waals surface area (Å²) in [5.74, 6) is 0. The molecule has 5 rings (SSSR count). The number of benzene rings is 3. The maximum Gasteiger partial charge on any atom is 0.0873 e. The van der Waals surface area contributed by atoms with Gasteiger partial charge in [0.05, 0.1) is 21.9 Å². The fourth-order valence-corrected chi connectivity index (χ4v) is 4.30. The van der Waals surface area contributed by atoms with Crippen molar-refractivity contribution in [2.75, 3.05) is 0 Å². The van der Waals surface area contributed by atoms with Gasteiger partial charge in [0.2, 0.25) is 0 Å². The van der Waals surface area contributed by atoms with Crippen LogP contribution in [0.3, 0.4) is 0 Å². The molecule has 0 N–H and O–H groups in total. The highest BCUT2D eigenvalue weighted by Gasteiger charge is 2.18. The van der Waals surface area contributed by atoms with E-state index in [1.165, 1.54) is 16.3 Å². The number of hydrogen-bond acceptors (Lipinski definition) is 1. The molecule has 0 saturated heterocycles. The third-order valence-corrected chi connectivity index (χ3v) is 5.54. The maximum absolute atomic E-state index is 4.77. The maximum atomic E-state index is 4.77. The first-order valence-electron chi connectivity index (χ1n) is 8.53. The van der Waals surface area contributed by atoms with Crippen LogP contribution in [0, 0.1) is 0 Å². The van der Waals surface area contributed by atoms with Crippen LogP contribution >= 0.6 is 15.9 Å². The minimum Gasteiger partial charge on any atom is -0.231 e. The van der Waals surface area contributed by atoms with E-state index in [0.717, 1.165) is 26.8 Å². The molecule has 0 aliphatic rings. The lowest BCUT2D eigenvalue weighted by Crippen LogP contribution is -1.97. The van der Waals surface area contributed by atoms with Crippen LogP contribution in [0.1, 0.15) is 0 Å². The Hall–Kier alpha value is -2.91. The molecule has 0 fully saturated rings. The zero-order valence-corrected chi connectivity index (χ0v) is 15.5. The number of nitrogens with zero attached hydrogens (tertiary/aromatic N) is 2. The van der Waals surface area contributed by atoms with Crippen LogP contribution in [0.5, 0.6) is 0 Å². The molecule has 0 amide bonds. The van der Waals surface area contributed by atoms with Crippen LogP contribution in [-0.4, -0.2) is 9.61 Å². The van der Waals surface area contributed by atoms with Gasteiger partial charge in [-0.05, 0) is 21.5 Å². The standard InChI is InChI=1S/C23H15BrN2/c24-21-18-13-7-8-14-19(18)23-20(16-9-3-1-4-10-16)15-25-26(23)22(21)17-11-5-2-6-12-17/h1-15H. The minimum absolute atomic E-state index is 1.06. The van der Waals surface area contributed by atoms with E-state index < -0.39 is 0 Å². The lowest BCUT2D eigenvalue weighted by Gasteiger charge is -2.13. The van der Waals surface area contributed by atoms with Gasteiger partial charge in [0, 0.05) is 21.9 Å². The van der Waals surface area contributed by atoms with Crippen LogP contribution in [0.4, 0.5) is 0 Å². The van der Waals surface area contributed by atoms with Crippen molar-refractivity contribution in [3.05, 3.63) is 95.6 Å². The van der Waals surface area contributed by atoms with Gasteiger partial charge < -0.3 is 0 Å². The highest BCUT2D eigenvalue weighted by atomic mass is 79.9. The normalized spacial score (nSPS) is 11.3. The van der Waals surface area contributed by atoms with Crippen LogP contribution < -0.4 is 0 Å². The van der Waals surface area contributed by atoms with Crippen LogP contribution in [0.25, 0.3) is 38.7 Å². The summed E-state index contributed by atoms with van der Waals surface area (Å²) >= 11 is 3.84. The van der Waals surface area contributed by atoms with Gasteiger partial charge in [-0.2, -0.15) is 5.10 Å². The number of rotatable bonds is 2. The molecule has 2 heterocycles. The molecule has 0 aliphatic heterocycles. The second-order valence-electron chi connectivity index (χ2n) is 6.26. The smallest absolute Gasteiger partial charge is 0.0873 e. The van der Waals surface area contributed by atoms with Gasteiger partial charge in [0.1, 0.15) is 0 Å². The summed E-state index contributed by atoms with van der Waals surface area (Å²) in [6.45, 7) is 0. The number of halogens is 1.